The van der Waals surface area contributed by atoms with Crippen LogP contribution in [0.2, 0.25) is 0 Å². The Hall–Kier alpha value is -1.98. The molecule has 0 saturated heterocycles. The first-order chi connectivity index (χ1) is 10.1. The molecule has 1 unspecified atom stereocenters. The minimum absolute atomic E-state index is 0.380. The van der Waals surface area contributed by atoms with Gasteiger partial charge in [-0.3, -0.25) is 4.98 Å². The summed E-state index contributed by atoms with van der Waals surface area (Å²) < 4.78 is 5.59. The van der Waals surface area contributed by atoms with Gasteiger partial charge in [0.15, 0.2) is 0 Å². The molecule has 0 fully saturated rings. The molecule has 21 heavy (non-hydrogen) atoms. The summed E-state index contributed by atoms with van der Waals surface area (Å²) in [6.07, 6.45) is 2.44. The molecule has 0 aliphatic heterocycles. The second kappa shape index (κ2) is 5.42. The number of rotatable bonds is 1. The van der Waals surface area contributed by atoms with Crippen LogP contribution in [0, 0.1) is 0 Å². The number of aliphatic hydroxyl groups excluding tert-OH is 1. The molecule has 1 aromatic carbocycles. The normalized spacial score (nSPS) is 16.3. The van der Waals surface area contributed by atoms with E-state index in [-0.39, 0.29) is 0 Å². The average molecular weight is 346 g/mol. The standard InChI is InChI=1S/C16H12BrNO3/c1-21-16(20)13-6-9-4-2-3-5-11(9)15(19)14-12(13)7-10(17)8-18-14/h2-8,15,19H,1H3. The van der Waals surface area contributed by atoms with E-state index >= 15 is 0 Å². The Bertz CT molecular complexity index is 755. The molecule has 106 valence electrons. The van der Waals surface area contributed by atoms with Gasteiger partial charge in [-0.2, -0.15) is 0 Å². The van der Waals surface area contributed by atoms with Gasteiger partial charge in [-0.15, -0.1) is 0 Å². The number of pyridine rings is 1. The molecule has 4 nitrogen and oxygen atoms in total. The van der Waals surface area contributed by atoms with E-state index in [9.17, 15) is 9.90 Å². The van der Waals surface area contributed by atoms with Crippen LogP contribution in [0.3, 0.4) is 0 Å². The molecule has 2 aromatic rings. The lowest BCUT2D eigenvalue weighted by Gasteiger charge is -2.14. The lowest BCUT2D eigenvalue weighted by atomic mass is 10.0. The van der Waals surface area contributed by atoms with Crippen molar-refractivity contribution in [2.24, 2.45) is 0 Å². The molecule has 1 N–H and O–H groups in total. The maximum Gasteiger partial charge on any atom is 0.338 e. The Balaban J connectivity index is 2.33. The number of hydrogen-bond acceptors (Lipinski definition) is 4. The average Bonchev–Trinajstić information content (AvgIpc) is 2.62. The van der Waals surface area contributed by atoms with Crippen LogP contribution in [0.15, 0.2) is 41.0 Å². The summed E-state index contributed by atoms with van der Waals surface area (Å²) in [6.45, 7) is 0. The molecule has 1 aliphatic carbocycles. The highest BCUT2D eigenvalue weighted by molar-refractivity contribution is 9.10. The van der Waals surface area contributed by atoms with Crippen LogP contribution in [-0.2, 0) is 9.53 Å². The van der Waals surface area contributed by atoms with Gasteiger partial charge < -0.3 is 9.84 Å². The molecular weight excluding hydrogens is 334 g/mol. The first kappa shape index (κ1) is 14.0. The molecule has 0 amide bonds. The highest BCUT2D eigenvalue weighted by Gasteiger charge is 2.27. The van der Waals surface area contributed by atoms with Gasteiger partial charge in [0.25, 0.3) is 0 Å². The summed E-state index contributed by atoms with van der Waals surface area (Å²) in [7, 11) is 1.33. The van der Waals surface area contributed by atoms with Crippen molar-refractivity contribution in [2.45, 2.75) is 6.10 Å². The summed E-state index contributed by atoms with van der Waals surface area (Å²) in [5.41, 5.74) is 2.89. The van der Waals surface area contributed by atoms with Crippen molar-refractivity contribution >= 4 is 33.5 Å². The first-order valence-corrected chi connectivity index (χ1v) is 7.14. The van der Waals surface area contributed by atoms with Crippen molar-refractivity contribution in [3.63, 3.8) is 0 Å². The summed E-state index contributed by atoms with van der Waals surface area (Å²) in [5, 5.41) is 10.6. The van der Waals surface area contributed by atoms with Gasteiger partial charge >= 0.3 is 5.97 Å². The van der Waals surface area contributed by atoms with Crippen LogP contribution in [0.4, 0.5) is 0 Å². The Labute approximate surface area is 130 Å². The number of benzene rings is 1. The lowest BCUT2D eigenvalue weighted by Crippen LogP contribution is -2.09. The highest BCUT2D eigenvalue weighted by Crippen LogP contribution is 2.36. The Morgan fingerprint density at radius 3 is 2.90 bits per heavy atom. The number of methoxy groups -OCH3 is 1. The van der Waals surface area contributed by atoms with Gasteiger partial charge in [0.1, 0.15) is 6.10 Å². The predicted octanol–water partition coefficient (Wildman–Crippen LogP) is 2.95. The molecule has 1 aliphatic rings. The van der Waals surface area contributed by atoms with E-state index in [1.54, 1.807) is 18.3 Å². The number of aromatic nitrogens is 1. The van der Waals surface area contributed by atoms with Gasteiger partial charge in [0, 0.05) is 16.2 Å². The van der Waals surface area contributed by atoms with Gasteiger partial charge in [0.2, 0.25) is 0 Å². The predicted molar refractivity (Wildman–Crippen MR) is 82.3 cm³/mol. The zero-order valence-corrected chi connectivity index (χ0v) is 12.8. The fourth-order valence-corrected chi connectivity index (χ4v) is 2.77. The quantitative estimate of drug-likeness (QED) is 0.807. The van der Waals surface area contributed by atoms with Crippen molar-refractivity contribution in [2.75, 3.05) is 7.11 Å². The van der Waals surface area contributed by atoms with Crippen molar-refractivity contribution < 1.29 is 14.6 Å². The maximum atomic E-state index is 12.1. The van der Waals surface area contributed by atoms with Crippen LogP contribution in [0.25, 0.3) is 11.6 Å². The number of aliphatic hydroxyl groups is 1. The number of hydrogen-bond donors (Lipinski definition) is 1. The van der Waals surface area contributed by atoms with Crippen molar-refractivity contribution in [3.8, 4) is 0 Å². The van der Waals surface area contributed by atoms with Crippen LogP contribution < -0.4 is 0 Å². The summed E-state index contributed by atoms with van der Waals surface area (Å²) >= 11 is 3.35. The second-order valence-corrected chi connectivity index (χ2v) is 5.58. The molecule has 0 saturated carbocycles. The second-order valence-electron chi connectivity index (χ2n) is 4.67. The third-order valence-electron chi connectivity index (χ3n) is 3.43. The number of nitrogens with zero attached hydrogens (tertiary/aromatic N) is 1. The van der Waals surface area contributed by atoms with Crippen LogP contribution >= 0.6 is 15.9 Å². The van der Waals surface area contributed by atoms with E-state index < -0.39 is 12.1 Å². The zero-order valence-electron chi connectivity index (χ0n) is 11.2. The van der Waals surface area contributed by atoms with E-state index in [2.05, 4.69) is 20.9 Å². The van der Waals surface area contributed by atoms with E-state index in [1.165, 1.54) is 7.11 Å². The molecule has 3 rings (SSSR count). The van der Waals surface area contributed by atoms with Gasteiger partial charge in [-0.25, -0.2) is 4.79 Å². The zero-order chi connectivity index (χ0) is 15.0. The monoisotopic (exact) mass is 345 g/mol. The summed E-state index contributed by atoms with van der Waals surface area (Å²) in [4.78, 5) is 16.4. The summed E-state index contributed by atoms with van der Waals surface area (Å²) in [6, 6.07) is 9.14. The van der Waals surface area contributed by atoms with Gasteiger partial charge in [-0.1, -0.05) is 24.3 Å². The van der Waals surface area contributed by atoms with Gasteiger partial charge in [0.05, 0.1) is 18.4 Å². The van der Waals surface area contributed by atoms with E-state index in [0.717, 1.165) is 10.0 Å². The topological polar surface area (TPSA) is 59.4 Å². The number of esters is 1. The van der Waals surface area contributed by atoms with Crippen molar-refractivity contribution in [1.82, 2.24) is 4.98 Å². The van der Waals surface area contributed by atoms with Crippen molar-refractivity contribution in [1.29, 1.82) is 0 Å². The van der Waals surface area contributed by atoms with Crippen LogP contribution in [-0.4, -0.2) is 23.2 Å². The smallest absolute Gasteiger partial charge is 0.338 e. The van der Waals surface area contributed by atoms with E-state index in [0.29, 0.717) is 22.4 Å². The minimum atomic E-state index is -0.886. The third-order valence-corrected chi connectivity index (χ3v) is 3.86. The lowest BCUT2D eigenvalue weighted by molar-refractivity contribution is -0.133. The van der Waals surface area contributed by atoms with Crippen LogP contribution in [0.5, 0.6) is 0 Å². The summed E-state index contributed by atoms with van der Waals surface area (Å²) in [5.74, 6) is -0.458. The fourth-order valence-electron chi connectivity index (χ4n) is 2.43. The Kier molecular flexibility index (Phi) is 3.61. The number of ether oxygens (including phenoxy) is 1. The minimum Gasteiger partial charge on any atom is -0.465 e. The Morgan fingerprint density at radius 2 is 2.14 bits per heavy atom. The van der Waals surface area contributed by atoms with E-state index in [1.807, 2.05) is 24.3 Å². The van der Waals surface area contributed by atoms with Gasteiger partial charge in [-0.05, 0) is 39.2 Å². The molecule has 0 bridgehead atoms. The fraction of sp³-hybridized carbons (Fsp3) is 0.125. The SMILES string of the molecule is COC(=O)C1=Cc2ccccc2C(O)c2ncc(Br)cc21. The maximum absolute atomic E-state index is 12.1. The number of carbonyl (C=O) groups excluding carboxylic acids is 1. The largest absolute Gasteiger partial charge is 0.465 e. The molecule has 0 radical (unpaired) electrons. The first-order valence-electron chi connectivity index (χ1n) is 6.34. The molecule has 1 atom stereocenters. The number of fused-ring (bicyclic) bond motifs is 2. The molecule has 1 aromatic heterocycles. The van der Waals surface area contributed by atoms with E-state index in [4.69, 9.17) is 4.74 Å². The highest BCUT2D eigenvalue weighted by atomic mass is 79.9. The van der Waals surface area contributed by atoms with Crippen LogP contribution in [0.1, 0.15) is 28.5 Å². The number of carbonyl (C=O) groups is 1. The van der Waals surface area contributed by atoms with Crippen molar-refractivity contribution in [3.05, 3.63) is 63.4 Å². The Morgan fingerprint density at radius 1 is 1.38 bits per heavy atom. The number of halogens is 1. The molecular formula is C16H12BrNO3. The molecule has 1 heterocycles. The molecule has 0 spiro atoms. The molecule has 5 heteroatoms. The third kappa shape index (κ3) is 2.39.